The highest BCUT2D eigenvalue weighted by Gasteiger charge is 2.36. The van der Waals surface area contributed by atoms with Gasteiger partial charge in [-0.1, -0.05) is 12.1 Å². The molecule has 3 aliphatic heterocycles. The molecule has 0 radical (unpaired) electrons. The van der Waals surface area contributed by atoms with Crippen molar-refractivity contribution in [1.29, 1.82) is 0 Å². The average Bonchev–Trinajstić information content (AvgIpc) is 2.69. The second-order valence-electron chi connectivity index (χ2n) is 7.38. The molecule has 4 nitrogen and oxygen atoms in total. The van der Waals surface area contributed by atoms with Crippen LogP contribution >= 0.6 is 0 Å². The van der Waals surface area contributed by atoms with E-state index in [-0.39, 0.29) is 5.91 Å². The zero-order valence-corrected chi connectivity index (χ0v) is 14.2. The summed E-state index contributed by atoms with van der Waals surface area (Å²) in [4.78, 5) is 21.2. The first kappa shape index (κ1) is 14.8. The van der Waals surface area contributed by atoms with Gasteiger partial charge >= 0.3 is 0 Å². The fourth-order valence-corrected chi connectivity index (χ4v) is 4.38. The van der Waals surface area contributed by atoms with Gasteiger partial charge in [0.05, 0.1) is 11.1 Å². The molecule has 5 rings (SSSR count). The zero-order valence-electron chi connectivity index (χ0n) is 14.2. The van der Waals surface area contributed by atoms with E-state index in [1.54, 1.807) is 0 Å². The lowest BCUT2D eigenvalue weighted by molar-refractivity contribution is 0.0589. The smallest absolute Gasteiger partial charge is 0.256 e. The lowest BCUT2D eigenvalue weighted by Crippen LogP contribution is -2.47. The van der Waals surface area contributed by atoms with E-state index >= 15 is 0 Å². The van der Waals surface area contributed by atoms with Crippen molar-refractivity contribution in [3.05, 3.63) is 35.0 Å². The minimum absolute atomic E-state index is 0.196. The maximum atomic E-state index is 13.3. The fourth-order valence-electron chi connectivity index (χ4n) is 4.38. The summed E-state index contributed by atoms with van der Waals surface area (Å²) in [5.41, 5.74) is 4.22. The number of aromatic nitrogens is 1. The molecule has 3 fully saturated rings. The van der Waals surface area contributed by atoms with Crippen LogP contribution in [-0.4, -0.2) is 53.4 Å². The Morgan fingerprint density at radius 2 is 2.00 bits per heavy atom. The van der Waals surface area contributed by atoms with Crippen molar-refractivity contribution in [2.45, 2.75) is 32.7 Å². The zero-order chi connectivity index (χ0) is 16.1. The van der Waals surface area contributed by atoms with E-state index in [1.165, 1.54) is 17.4 Å². The first-order valence-electron chi connectivity index (χ1n) is 8.62. The Morgan fingerprint density at radius 1 is 1.17 bits per heavy atom. The van der Waals surface area contributed by atoms with E-state index in [1.807, 2.05) is 12.1 Å². The van der Waals surface area contributed by atoms with Gasteiger partial charge in [-0.25, -0.2) is 0 Å². The van der Waals surface area contributed by atoms with E-state index in [9.17, 15) is 4.79 Å². The monoisotopic (exact) mass is 311 g/mol. The minimum Gasteiger partial charge on any atom is -0.358 e. The van der Waals surface area contributed by atoms with Crippen LogP contribution in [0.25, 0.3) is 10.9 Å². The number of aryl methyl sites for hydroxylation is 2. The predicted molar refractivity (Wildman–Crippen MR) is 92.8 cm³/mol. The van der Waals surface area contributed by atoms with Crippen molar-refractivity contribution in [3.63, 3.8) is 0 Å². The molecule has 2 bridgehead atoms. The summed E-state index contributed by atoms with van der Waals surface area (Å²) < 4.78 is 0. The third kappa shape index (κ3) is 2.36. The Balaban J connectivity index is 1.74. The molecule has 2 aromatic rings. The van der Waals surface area contributed by atoms with Gasteiger partial charge < -0.3 is 14.8 Å². The number of fused-ring (bicyclic) bond motifs is 5. The van der Waals surface area contributed by atoms with Crippen molar-refractivity contribution < 1.29 is 4.79 Å². The van der Waals surface area contributed by atoms with Gasteiger partial charge in [0.2, 0.25) is 0 Å². The third-order valence-corrected chi connectivity index (χ3v) is 5.73. The van der Waals surface area contributed by atoms with Gasteiger partial charge in [-0.05, 0) is 51.3 Å². The lowest BCUT2D eigenvalue weighted by Gasteiger charge is -2.36. The Bertz CT molecular complexity index is 763. The average molecular weight is 311 g/mol. The molecule has 0 unspecified atom stereocenters. The molecule has 4 heteroatoms. The van der Waals surface area contributed by atoms with Crippen LogP contribution in [0, 0.1) is 19.8 Å². The van der Waals surface area contributed by atoms with Crippen LogP contribution in [-0.2, 0) is 0 Å². The number of hydrogen-bond donors (Lipinski definition) is 1. The van der Waals surface area contributed by atoms with E-state index in [2.05, 4.69) is 41.7 Å². The van der Waals surface area contributed by atoms with Gasteiger partial charge in [-0.15, -0.1) is 0 Å². The third-order valence-electron chi connectivity index (χ3n) is 5.73. The summed E-state index contributed by atoms with van der Waals surface area (Å²) in [6, 6.07) is 6.45. The molecular formula is C19H25N3O. The number of nitrogens with one attached hydrogen (secondary N) is 1. The highest BCUT2D eigenvalue weighted by atomic mass is 16.2. The Kier molecular flexibility index (Phi) is 3.45. The van der Waals surface area contributed by atoms with Crippen LogP contribution in [0.5, 0.6) is 0 Å². The van der Waals surface area contributed by atoms with Crippen molar-refractivity contribution in [1.82, 2.24) is 14.8 Å². The normalized spacial score (nSPS) is 25.1. The Morgan fingerprint density at radius 3 is 2.83 bits per heavy atom. The molecule has 1 aromatic heterocycles. The number of nitrogens with zero attached hydrogens (tertiary/aromatic N) is 2. The quantitative estimate of drug-likeness (QED) is 0.879. The number of amides is 1. The van der Waals surface area contributed by atoms with Crippen molar-refractivity contribution in [3.8, 4) is 0 Å². The number of rotatable bonds is 1. The summed E-state index contributed by atoms with van der Waals surface area (Å²) in [5.74, 6) is 0.816. The molecule has 0 spiro atoms. The summed E-state index contributed by atoms with van der Waals surface area (Å²) in [6.07, 6.45) is 2.39. The summed E-state index contributed by atoms with van der Waals surface area (Å²) in [7, 11) is 2.18. The van der Waals surface area contributed by atoms with Gasteiger partial charge in [0.15, 0.2) is 0 Å². The molecule has 122 valence electrons. The number of aromatic amines is 1. The number of hydrogen-bond acceptors (Lipinski definition) is 2. The summed E-state index contributed by atoms with van der Waals surface area (Å²) >= 11 is 0. The van der Waals surface area contributed by atoms with Crippen LogP contribution in [0.1, 0.15) is 34.5 Å². The molecule has 0 saturated carbocycles. The molecule has 2 atom stereocenters. The molecule has 1 amide bonds. The van der Waals surface area contributed by atoms with E-state index in [4.69, 9.17) is 0 Å². The Labute approximate surface area is 137 Å². The second-order valence-corrected chi connectivity index (χ2v) is 7.38. The van der Waals surface area contributed by atoms with Crippen molar-refractivity contribution in [2.75, 3.05) is 26.7 Å². The highest BCUT2D eigenvalue weighted by Crippen LogP contribution is 2.31. The van der Waals surface area contributed by atoms with Gasteiger partial charge in [-0.2, -0.15) is 0 Å². The second kappa shape index (κ2) is 5.38. The standard InChI is InChI=1S/C19H25N3O/c1-12-13(2)20-18-16(12)5-4-6-17(18)19(23)22-10-14-7-8-15(22)11-21(3)9-14/h4-6,14-15,20H,7-11H2,1-3H3/t14-,15+/m1/s1. The molecule has 0 aliphatic carbocycles. The molecule has 3 saturated heterocycles. The first-order valence-corrected chi connectivity index (χ1v) is 8.62. The topological polar surface area (TPSA) is 39.3 Å². The van der Waals surface area contributed by atoms with Gasteiger partial charge in [0.1, 0.15) is 0 Å². The van der Waals surface area contributed by atoms with Crippen LogP contribution in [0.2, 0.25) is 0 Å². The van der Waals surface area contributed by atoms with Gasteiger partial charge in [0.25, 0.3) is 5.91 Å². The summed E-state index contributed by atoms with van der Waals surface area (Å²) in [6.45, 7) is 7.22. The number of H-pyrrole nitrogens is 1. The molecule has 3 aliphatic rings. The van der Waals surface area contributed by atoms with Gasteiger partial charge in [0, 0.05) is 36.8 Å². The molecule has 23 heavy (non-hydrogen) atoms. The molecule has 1 aromatic carbocycles. The lowest BCUT2D eigenvalue weighted by atomic mass is 9.94. The molecule has 4 heterocycles. The van der Waals surface area contributed by atoms with Crippen LogP contribution in [0.15, 0.2) is 18.2 Å². The van der Waals surface area contributed by atoms with Crippen LogP contribution in [0.3, 0.4) is 0 Å². The van der Waals surface area contributed by atoms with Gasteiger partial charge in [-0.3, -0.25) is 4.79 Å². The number of para-hydroxylation sites is 1. The predicted octanol–water partition coefficient (Wildman–Crippen LogP) is 2.95. The van der Waals surface area contributed by atoms with E-state index in [0.29, 0.717) is 12.0 Å². The maximum Gasteiger partial charge on any atom is 0.256 e. The minimum atomic E-state index is 0.196. The number of piperidine rings is 1. The number of benzene rings is 1. The molecular weight excluding hydrogens is 286 g/mol. The highest BCUT2D eigenvalue weighted by molar-refractivity contribution is 6.06. The SMILES string of the molecule is Cc1[nH]c2c(C(=O)N3C[C@@H]4CC[C@H]3CN(C)C4)cccc2c1C. The number of likely N-dealkylation sites (N-methyl/N-ethyl adjacent to an activating group) is 1. The molecule has 1 N–H and O–H groups in total. The Hall–Kier alpha value is -1.81. The van der Waals surface area contributed by atoms with Crippen molar-refractivity contribution >= 4 is 16.8 Å². The number of carbonyl (C=O) groups is 1. The largest absolute Gasteiger partial charge is 0.358 e. The fraction of sp³-hybridized carbons (Fsp3) is 0.526. The van der Waals surface area contributed by atoms with Crippen LogP contribution < -0.4 is 0 Å². The first-order chi connectivity index (χ1) is 11.0. The van der Waals surface area contributed by atoms with E-state index in [0.717, 1.165) is 42.8 Å². The van der Waals surface area contributed by atoms with E-state index < -0.39 is 0 Å². The van der Waals surface area contributed by atoms with Crippen LogP contribution in [0.4, 0.5) is 0 Å². The summed E-state index contributed by atoms with van der Waals surface area (Å²) in [5, 5.41) is 1.17. The number of carbonyl (C=O) groups excluding carboxylic acids is 1. The van der Waals surface area contributed by atoms with Crippen molar-refractivity contribution in [2.24, 2.45) is 5.92 Å². The maximum absolute atomic E-state index is 13.3.